The number of fused-ring (bicyclic) bond motifs is 1. The van der Waals surface area contributed by atoms with Crippen LogP contribution in [-0.4, -0.2) is 5.11 Å². The molecule has 96 valence electrons. The zero-order valence-corrected chi connectivity index (χ0v) is 12.1. The first kappa shape index (κ1) is 12.7. The van der Waals surface area contributed by atoms with Gasteiger partial charge in [-0.3, -0.25) is 0 Å². The summed E-state index contributed by atoms with van der Waals surface area (Å²) in [6, 6.07) is 13.0. The Balaban J connectivity index is 1.95. The van der Waals surface area contributed by atoms with Gasteiger partial charge in [-0.15, -0.1) is 0 Å². The van der Waals surface area contributed by atoms with Gasteiger partial charge >= 0.3 is 0 Å². The van der Waals surface area contributed by atoms with E-state index in [0.717, 1.165) is 15.6 Å². The molecule has 0 aliphatic carbocycles. The first-order chi connectivity index (χ1) is 9.13. The van der Waals surface area contributed by atoms with Crippen molar-refractivity contribution in [3.8, 4) is 5.75 Å². The highest BCUT2D eigenvalue weighted by Crippen LogP contribution is 2.41. The summed E-state index contributed by atoms with van der Waals surface area (Å²) in [5, 5.41) is 10.9. The van der Waals surface area contributed by atoms with E-state index < -0.39 is 6.10 Å². The molecule has 0 saturated carbocycles. The molecule has 2 aromatic rings. The normalized spacial score (nSPS) is 19.3. The first-order valence-corrected chi connectivity index (χ1v) is 6.93. The molecule has 0 radical (unpaired) electrons. The highest BCUT2D eigenvalue weighted by atomic mass is 79.9. The Bertz CT molecular complexity index is 650. The number of aliphatic hydroxyl groups is 1. The molecule has 3 rings (SSSR count). The molecule has 0 amide bonds. The molecule has 0 fully saturated rings. The van der Waals surface area contributed by atoms with Crippen LogP contribution in [0.2, 0.25) is 5.02 Å². The van der Waals surface area contributed by atoms with Crippen molar-refractivity contribution in [3.63, 3.8) is 0 Å². The number of hydrogen-bond acceptors (Lipinski definition) is 2. The van der Waals surface area contributed by atoms with E-state index in [2.05, 4.69) is 15.9 Å². The molecular formula is C15H10BrClO2. The number of halogens is 2. The molecule has 1 unspecified atom stereocenters. The van der Waals surface area contributed by atoms with Crippen LogP contribution in [0, 0.1) is 0 Å². The van der Waals surface area contributed by atoms with Crippen LogP contribution in [0.25, 0.3) is 6.08 Å². The van der Waals surface area contributed by atoms with Crippen molar-refractivity contribution in [1.29, 1.82) is 0 Å². The molecule has 1 N–H and O–H groups in total. The third kappa shape index (κ3) is 2.54. The van der Waals surface area contributed by atoms with Gasteiger partial charge in [-0.05, 0) is 42.0 Å². The fourth-order valence-electron chi connectivity index (χ4n) is 1.99. The van der Waals surface area contributed by atoms with Crippen LogP contribution in [0.15, 0.2) is 52.7 Å². The zero-order chi connectivity index (χ0) is 13.4. The molecular weight excluding hydrogens is 328 g/mol. The summed E-state index contributed by atoms with van der Waals surface area (Å²) in [7, 11) is 0. The standard InChI is InChI=1S/C15H10BrClO2/c16-10-3-6-13-12(8-10)15(18)14(19-13)7-9-1-4-11(17)5-2-9/h1-8,15,18H/b14-7-. The van der Waals surface area contributed by atoms with Gasteiger partial charge in [0, 0.05) is 15.1 Å². The van der Waals surface area contributed by atoms with E-state index in [9.17, 15) is 5.11 Å². The quantitative estimate of drug-likeness (QED) is 0.826. The fourth-order valence-corrected chi connectivity index (χ4v) is 2.50. The molecule has 2 aromatic carbocycles. The molecule has 19 heavy (non-hydrogen) atoms. The number of rotatable bonds is 1. The first-order valence-electron chi connectivity index (χ1n) is 5.76. The van der Waals surface area contributed by atoms with Gasteiger partial charge < -0.3 is 9.84 Å². The predicted octanol–water partition coefficient (Wildman–Crippen LogP) is 4.57. The summed E-state index contributed by atoms with van der Waals surface area (Å²) in [6.45, 7) is 0. The minimum atomic E-state index is -0.733. The molecule has 1 atom stereocenters. The van der Waals surface area contributed by atoms with Crippen LogP contribution in [0.4, 0.5) is 0 Å². The van der Waals surface area contributed by atoms with E-state index >= 15 is 0 Å². The summed E-state index contributed by atoms with van der Waals surface area (Å²) in [6.07, 6.45) is 1.08. The molecule has 4 heteroatoms. The average molecular weight is 338 g/mol. The van der Waals surface area contributed by atoms with Crippen LogP contribution in [0.1, 0.15) is 17.2 Å². The number of aliphatic hydroxyl groups excluding tert-OH is 1. The average Bonchev–Trinajstić information content (AvgIpc) is 2.70. The predicted molar refractivity (Wildman–Crippen MR) is 79.2 cm³/mol. The highest BCUT2D eigenvalue weighted by Gasteiger charge is 2.27. The maximum atomic E-state index is 10.2. The van der Waals surface area contributed by atoms with Gasteiger partial charge in [-0.2, -0.15) is 0 Å². The zero-order valence-electron chi connectivity index (χ0n) is 9.81. The number of ether oxygens (including phenoxy) is 1. The SMILES string of the molecule is OC1/C(=C/c2ccc(Cl)cc2)Oc2ccc(Br)cc21. The summed E-state index contributed by atoms with van der Waals surface area (Å²) >= 11 is 9.23. The Kier molecular flexibility index (Phi) is 3.35. The molecule has 1 heterocycles. The topological polar surface area (TPSA) is 29.5 Å². The van der Waals surface area contributed by atoms with Crippen LogP contribution < -0.4 is 4.74 Å². The minimum absolute atomic E-state index is 0.524. The maximum absolute atomic E-state index is 10.2. The Labute approximate surface area is 124 Å². The van der Waals surface area contributed by atoms with Crippen molar-refractivity contribution < 1.29 is 9.84 Å². The smallest absolute Gasteiger partial charge is 0.140 e. The lowest BCUT2D eigenvalue weighted by molar-refractivity contribution is 0.193. The van der Waals surface area contributed by atoms with Crippen molar-refractivity contribution in [2.75, 3.05) is 0 Å². The Morgan fingerprint density at radius 1 is 1.16 bits per heavy atom. The van der Waals surface area contributed by atoms with Crippen molar-refractivity contribution in [3.05, 3.63) is 68.8 Å². The summed E-state index contributed by atoms with van der Waals surface area (Å²) in [4.78, 5) is 0. The molecule has 1 aliphatic heterocycles. The van der Waals surface area contributed by atoms with E-state index in [1.807, 2.05) is 36.4 Å². The number of hydrogen-bond donors (Lipinski definition) is 1. The number of benzene rings is 2. The van der Waals surface area contributed by atoms with Gasteiger partial charge in [0.1, 0.15) is 17.6 Å². The second-order valence-corrected chi connectivity index (χ2v) is 5.64. The molecule has 0 spiro atoms. The second-order valence-electron chi connectivity index (χ2n) is 4.29. The van der Waals surface area contributed by atoms with Crippen molar-refractivity contribution >= 4 is 33.6 Å². The van der Waals surface area contributed by atoms with Gasteiger partial charge in [-0.25, -0.2) is 0 Å². The van der Waals surface area contributed by atoms with Crippen molar-refractivity contribution in [1.82, 2.24) is 0 Å². The van der Waals surface area contributed by atoms with Crippen LogP contribution in [-0.2, 0) is 0 Å². The molecule has 0 aromatic heterocycles. The monoisotopic (exact) mass is 336 g/mol. The Morgan fingerprint density at radius 2 is 1.89 bits per heavy atom. The van der Waals surface area contributed by atoms with E-state index in [-0.39, 0.29) is 0 Å². The third-order valence-electron chi connectivity index (χ3n) is 2.94. The molecule has 1 aliphatic rings. The Morgan fingerprint density at radius 3 is 2.63 bits per heavy atom. The van der Waals surface area contributed by atoms with E-state index in [1.165, 1.54) is 0 Å². The van der Waals surface area contributed by atoms with E-state index in [4.69, 9.17) is 16.3 Å². The van der Waals surface area contributed by atoms with Crippen molar-refractivity contribution in [2.45, 2.75) is 6.10 Å². The van der Waals surface area contributed by atoms with E-state index in [1.54, 1.807) is 12.1 Å². The summed E-state index contributed by atoms with van der Waals surface area (Å²) < 4.78 is 6.58. The highest BCUT2D eigenvalue weighted by molar-refractivity contribution is 9.10. The lowest BCUT2D eigenvalue weighted by Gasteiger charge is -2.03. The Hall–Kier alpha value is -1.29. The van der Waals surface area contributed by atoms with Gasteiger partial charge in [0.2, 0.25) is 0 Å². The van der Waals surface area contributed by atoms with Gasteiger partial charge in [0.25, 0.3) is 0 Å². The lowest BCUT2D eigenvalue weighted by atomic mass is 10.1. The summed E-state index contributed by atoms with van der Waals surface area (Å²) in [5.41, 5.74) is 1.71. The minimum Gasteiger partial charge on any atom is -0.458 e. The van der Waals surface area contributed by atoms with Gasteiger partial charge in [0.05, 0.1) is 0 Å². The van der Waals surface area contributed by atoms with Gasteiger partial charge in [-0.1, -0.05) is 39.7 Å². The van der Waals surface area contributed by atoms with E-state index in [0.29, 0.717) is 16.5 Å². The van der Waals surface area contributed by atoms with Crippen LogP contribution in [0.5, 0.6) is 5.75 Å². The largest absolute Gasteiger partial charge is 0.458 e. The second kappa shape index (κ2) is 5.00. The molecule has 0 saturated heterocycles. The maximum Gasteiger partial charge on any atom is 0.140 e. The van der Waals surface area contributed by atoms with Gasteiger partial charge in [0.15, 0.2) is 0 Å². The molecule has 0 bridgehead atoms. The van der Waals surface area contributed by atoms with Crippen molar-refractivity contribution in [2.24, 2.45) is 0 Å². The lowest BCUT2D eigenvalue weighted by Crippen LogP contribution is -1.96. The van der Waals surface area contributed by atoms with Crippen LogP contribution >= 0.6 is 27.5 Å². The third-order valence-corrected chi connectivity index (χ3v) is 3.69. The fraction of sp³-hybridized carbons (Fsp3) is 0.0667. The molecule has 2 nitrogen and oxygen atoms in total. The van der Waals surface area contributed by atoms with Crippen LogP contribution in [0.3, 0.4) is 0 Å². The summed E-state index contributed by atoms with van der Waals surface area (Å²) in [5.74, 6) is 1.21.